The highest BCUT2D eigenvalue weighted by Gasteiger charge is 2.26. The van der Waals surface area contributed by atoms with E-state index in [0.717, 1.165) is 41.9 Å². The van der Waals surface area contributed by atoms with E-state index in [9.17, 15) is 4.79 Å². The summed E-state index contributed by atoms with van der Waals surface area (Å²) >= 11 is 7.00. The highest BCUT2D eigenvalue weighted by molar-refractivity contribution is 7.80. The molecule has 0 saturated carbocycles. The van der Waals surface area contributed by atoms with Crippen LogP contribution < -0.4 is 15.4 Å². The Bertz CT molecular complexity index is 1280. The summed E-state index contributed by atoms with van der Waals surface area (Å²) in [5.74, 6) is 0.590. The van der Waals surface area contributed by atoms with E-state index in [-0.39, 0.29) is 10.8 Å². The molecule has 216 valence electrons. The first kappa shape index (κ1) is 31.6. The van der Waals surface area contributed by atoms with Crippen molar-refractivity contribution in [2.24, 2.45) is 0 Å². The number of hydrogen-bond donors (Lipinski definition) is 2. The smallest absolute Gasteiger partial charge is 0.340 e. The van der Waals surface area contributed by atoms with Crippen molar-refractivity contribution in [2.45, 2.75) is 78.1 Å². The minimum absolute atomic E-state index is 0.0415. The van der Waals surface area contributed by atoms with Crippen LogP contribution in [-0.2, 0) is 15.6 Å². The number of nitrogens with one attached hydrogen (secondary N) is 2. The van der Waals surface area contributed by atoms with Gasteiger partial charge in [0.05, 0.1) is 19.3 Å². The van der Waals surface area contributed by atoms with Crippen LogP contribution in [0.25, 0.3) is 10.4 Å². The van der Waals surface area contributed by atoms with Crippen molar-refractivity contribution < 1.29 is 14.3 Å². The molecule has 0 aliphatic rings. The predicted octanol–water partition coefficient (Wildman–Crippen LogP) is 8.72. The van der Waals surface area contributed by atoms with Gasteiger partial charge in [-0.2, -0.15) is 0 Å². The second-order valence-corrected chi connectivity index (χ2v) is 12.8. The zero-order valence-electron chi connectivity index (χ0n) is 25.0. The molecule has 40 heavy (non-hydrogen) atoms. The van der Waals surface area contributed by atoms with Crippen LogP contribution in [0.3, 0.4) is 0 Å². The Morgan fingerprint density at radius 2 is 1.65 bits per heavy atom. The van der Waals surface area contributed by atoms with E-state index in [1.165, 1.54) is 29.6 Å². The Morgan fingerprint density at radius 1 is 0.950 bits per heavy atom. The number of ether oxygens (including phenoxy) is 2. The average Bonchev–Trinajstić information content (AvgIpc) is 3.38. The zero-order valence-corrected chi connectivity index (χ0v) is 26.6. The molecule has 0 amide bonds. The van der Waals surface area contributed by atoms with Crippen LogP contribution in [-0.4, -0.2) is 31.3 Å². The van der Waals surface area contributed by atoms with Gasteiger partial charge < -0.3 is 20.1 Å². The standard InChI is InChI=1S/C33H44N2O3S2/c1-8-32(3,4)24-17-18-27(26(21-24)33(5,6)9-2)38-20-14-13-19-34-31(39)35-29-25(30(36)37-7)22-28(40-29)23-15-11-10-12-16-23/h10-12,15-18,21-22H,8-9,13-14,19-20H2,1-7H3,(H2,34,35,39). The van der Waals surface area contributed by atoms with Gasteiger partial charge in [0.2, 0.25) is 0 Å². The Hall–Kier alpha value is -2.90. The van der Waals surface area contributed by atoms with Gasteiger partial charge in [-0.3, -0.25) is 0 Å². The normalized spacial score (nSPS) is 11.7. The Morgan fingerprint density at radius 3 is 2.30 bits per heavy atom. The summed E-state index contributed by atoms with van der Waals surface area (Å²) in [5, 5.41) is 7.60. The van der Waals surface area contributed by atoms with Crippen LogP contribution >= 0.6 is 23.6 Å². The topological polar surface area (TPSA) is 59.6 Å². The maximum atomic E-state index is 12.4. The number of carbonyl (C=O) groups is 1. The molecule has 0 unspecified atom stereocenters. The molecule has 0 fully saturated rings. The fourth-order valence-corrected chi connectivity index (χ4v) is 5.57. The van der Waals surface area contributed by atoms with Gasteiger partial charge in [-0.05, 0) is 72.0 Å². The molecule has 3 aromatic rings. The number of carbonyl (C=O) groups excluding carboxylic acids is 1. The number of methoxy groups -OCH3 is 1. The molecule has 7 heteroatoms. The molecule has 1 aromatic heterocycles. The van der Waals surface area contributed by atoms with Crippen LogP contribution in [0.2, 0.25) is 0 Å². The first-order valence-electron chi connectivity index (χ1n) is 14.1. The molecular formula is C33H44N2O3S2. The quantitative estimate of drug-likeness (QED) is 0.120. The molecule has 0 bridgehead atoms. The number of unbranched alkanes of at least 4 members (excludes halogenated alkanes) is 1. The molecule has 1 heterocycles. The molecule has 0 radical (unpaired) electrons. The van der Waals surface area contributed by atoms with Crippen molar-refractivity contribution in [1.82, 2.24) is 5.32 Å². The first-order chi connectivity index (χ1) is 19.0. The third-order valence-electron chi connectivity index (χ3n) is 7.79. The molecule has 0 aliphatic carbocycles. The van der Waals surface area contributed by atoms with Crippen LogP contribution in [0, 0.1) is 0 Å². The minimum Gasteiger partial charge on any atom is -0.493 e. The monoisotopic (exact) mass is 580 g/mol. The third-order valence-corrected chi connectivity index (χ3v) is 9.14. The summed E-state index contributed by atoms with van der Waals surface area (Å²) in [7, 11) is 1.39. The highest BCUT2D eigenvalue weighted by Crippen LogP contribution is 2.39. The molecule has 0 spiro atoms. The lowest BCUT2D eigenvalue weighted by molar-refractivity contribution is 0.0602. The number of anilines is 1. The van der Waals surface area contributed by atoms with Gasteiger partial charge in [-0.1, -0.05) is 84.0 Å². The molecule has 5 nitrogen and oxygen atoms in total. The summed E-state index contributed by atoms with van der Waals surface area (Å²) < 4.78 is 11.3. The maximum Gasteiger partial charge on any atom is 0.340 e. The molecular weight excluding hydrogens is 537 g/mol. The van der Waals surface area contributed by atoms with Gasteiger partial charge in [0.15, 0.2) is 5.11 Å². The lowest BCUT2D eigenvalue weighted by atomic mass is 9.76. The first-order valence-corrected chi connectivity index (χ1v) is 15.3. The van der Waals surface area contributed by atoms with Crippen molar-refractivity contribution in [3.05, 3.63) is 71.3 Å². The van der Waals surface area contributed by atoms with Gasteiger partial charge in [-0.25, -0.2) is 4.79 Å². The Balaban J connectivity index is 1.54. The second kappa shape index (κ2) is 14.1. The Labute approximate surface area is 249 Å². The van der Waals surface area contributed by atoms with Gasteiger partial charge in [0, 0.05) is 17.0 Å². The molecule has 2 N–H and O–H groups in total. The Kier molecular flexibility index (Phi) is 11.2. The minimum atomic E-state index is -0.391. The highest BCUT2D eigenvalue weighted by atomic mass is 32.1. The summed E-state index contributed by atoms with van der Waals surface area (Å²) in [4.78, 5) is 13.3. The van der Waals surface area contributed by atoms with E-state index in [1.807, 2.05) is 36.4 Å². The number of thiophene rings is 1. The number of esters is 1. The van der Waals surface area contributed by atoms with Crippen LogP contribution in [0.4, 0.5) is 5.00 Å². The number of thiocarbonyl (C=S) groups is 1. The van der Waals surface area contributed by atoms with Crippen LogP contribution in [0.5, 0.6) is 5.75 Å². The van der Waals surface area contributed by atoms with E-state index < -0.39 is 5.97 Å². The molecule has 0 saturated heterocycles. The fourth-order valence-electron chi connectivity index (χ4n) is 4.25. The number of benzene rings is 2. The van der Waals surface area contributed by atoms with E-state index in [1.54, 1.807) is 0 Å². The van der Waals surface area contributed by atoms with Crippen LogP contribution in [0.15, 0.2) is 54.6 Å². The second-order valence-electron chi connectivity index (χ2n) is 11.3. The van der Waals surface area contributed by atoms with Gasteiger partial charge in [-0.15, -0.1) is 11.3 Å². The number of rotatable bonds is 13. The van der Waals surface area contributed by atoms with E-state index in [2.05, 4.69) is 70.4 Å². The molecule has 3 rings (SSSR count). The molecule has 2 aromatic carbocycles. The summed E-state index contributed by atoms with van der Waals surface area (Å²) in [6, 6.07) is 18.5. The van der Waals surface area contributed by atoms with Gasteiger partial charge in [0.1, 0.15) is 10.8 Å². The maximum absolute atomic E-state index is 12.4. The van der Waals surface area contributed by atoms with Gasteiger partial charge >= 0.3 is 5.97 Å². The average molecular weight is 581 g/mol. The molecule has 0 atom stereocenters. The van der Waals surface area contributed by atoms with E-state index in [0.29, 0.717) is 28.8 Å². The van der Waals surface area contributed by atoms with E-state index >= 15 is 0 Å². The van der Waals surface area contributed by atoms with Crippen molar-refractivity contribution in [1.29, 1.82) is 0 Å². The summed E-state index contributed by atoms with van der Waals surface area (Å²) in [5.41, 5.74) is 4.34. The van der Waals surface area contributed by atoms with Crippen molar-refractivity contribution in [2.75, 3.05) is 25.6 Å². The van der Waals surface area contributed by atoms with Gasteiger partial charge in [0.25, 0.3) is 0 Å². The van der Waals surface area contributed by atoms with E-state index in [4.69, 9.17) is 21.7 Å². The summed E-state index contributed by atoms with van der Waals surface area (Å²) in [6.45, 7) is 15.0. The lowest BCUT2D eigenvalue weighted by Crippen LogP contribution is -2.29. The zero-order chi connectivity index (χ0) is 29.3. The van der Waals surface area contributed by atoms with Crippen molar-refractivity contribution in [3.63, 3.8) is 0 Å². The van der Waals surface area contributed by atoms with Crippen molar-refractivity contribution >= 4 is 39.6 Å². The molecule has 0 aliphatic heterocycles. The predicted molar refractivity (Wildman–Crippen MR) is 173 cm³/mol. The SMILES string of the molecule is CCC(C)(C)c1ccc(OCCCCNC(=S)Nc2sc(-c3ccccc3)cc2C(=O)OC)c(C(C)(C)CC)c1. The van der Waals surface area contributed by atoms with Crippen LogP contribution in [0.1, 0.15) is 88.7 Å². The lowest BCUT2D eigenvalue weighted by Gasteiger charge is -2.30. The third kappa shape index (κ3) is 8.07. The summed E-state index contributed by atoms with van der Waals surface area (Å²) in [6.07, 6.45) is 3.93. The fraction of sp³-hybridized carbons (Fsp3) is 0.455. The van der Waals surface area contributed by atoms with Crippen molar-refractivity contribution in [3.8, 4) is 16.2 Å². The largest absolute Gasteiger partial charge is 0.493 e. The number of hydrogen-bond acceptors (Lipinski definition) is 5.